The first kappa shape index (κ1) is 14.2. The zero-order valence-corrected chi connectivity index (χ0v) is 12.0. The number of carbonyl (C=O) groups excluding carboxylic acids is 2. The smallest absolute Gasteiger partial charge is 0.283 e. The van der Waals surface area contributed by atoms with E-state index in [0.717, 1.165) is 6.07 Å². The predicted molar refractivity (Wildman–Crippen MR) is 82.7 cm³/mol. The van der Waals surface area contributed by atoms with Crippen LogP contribution in [-0.2, 0) is 0 Å². The number of amides is 2. The fourth-order valence-electron chi connectivity index (χ4n) is 2.13. The van der Waals surface area contributed by atoms with E-state index in [2.05, 4.69) is 10.7 Å². The number of hydrogen-bond donors (Lipinski definition) is 2. The Hall–Kier alpha value is -2.80. The quantitative estimate of drug-likeness (QED) is 0.658. The van der Waals surface area contributed by atoms with Crippen molar-refractivity contribution in [1.82, 2.24) is 10.4 Å². The molecule has 3 rings (SSSR count). The molecule has 0 atom stereocenters. The van der Waals surface area contributed by atoms with Crippen LogP contribution in [0, 0.1) is 5.82 Å². The summed E-state index contributed by atoms with van der Waals surface area (Å²) in [4.78, 5) is 24.3. The third kappa shape index (κ3) is 2.42. The van der Waals surface area contributed by atoms with Gasteiger partial charge in [-0.3, -0.25) is 15.0 Å². The van der Waals surface area contributed by atoms with E-state index in [1.54, 1.807) is 12.1 Å². The zero-order chi connectivity index (χ0) is 15.7. The lowest BCUT2D eigenvalue weighted by Crippen LogP contribution is -2.47. The van der Waals surface area contributed by atoms with Crippen molar-refractivity contribution in [2.75, 3.05) is 5.32 Å². The van der Waals surface area contributed by atoms with E-state index in [1.807, 2.05) is 18.2 Å². The molecule has 0 saturated carbocycles. The summed E-state index contributed by atoms with van der Waals surface area (Å²) in [6.45, 7) is 0. The number of halogens is 1. The second-order valence-corrected chi connectivity index (χ2v) is 4.95. The summed E-state index contributed by atoms with van der Waals surface area (Å²) in [7, 11) is 0. The van der Waals surface area contributed by atoms with Crippen molar-refractivity contribution >= 4 is 34.8 Å². The maximum Gasteiger partial charge on any atom is 0.283 e. The molecular formula is C15H10FN3O2S. The number of hydrazine groups is 1. The minimum Gasteiger partial charge on any atom is -0.331 e. The topological polar surface area (TPSA) is 61.4 Å². The normalized spacial score (nSPS) is 13.0. The molecule has 0 radical (unpaired) electrons. The molecule has 2 N–H and O–H groups in total. The van der Waals surface area contributed by atoms with E-state index in [-0.39, 0.29) is 16.2 Å². The minimum absolute atomic E-state index is 0.0139. The molecule has 1 aliphatic heterocycles. The van der Waals surface area contributed by atoms with Crippen LogP contribution >= 0.6 is 12.2 Å². The Labute approximate surface area is 130 Å². The van der Waals surface area contributed by atoms with E-state index < -0.39 is 17.6 Å². The number of rotatable bonds is 2. The van der Waals surface area contributed by atoms with E-state index in [1.165, 1.54) is 12.1 Å². The van der Waals surface area contributed by atoms with Gasteiger partial charge in [-0.1, -0.05) is 24.3 Å². The molecule has 0 saturated heterocycles. The molecule has 2 aromatic carbocycles. The van der Waals surface area contributed by atoms with Crippen molar-refractivity contribution in [3.05, 3.63) is 65.5 Å². The maximum absolute atomic E-state index is 13.7. The molecule has 2 amide bonds. The fourth-order valence-corrected chi connectivity index (χ4v) is 2.34. The Bertz CT molecular complexity index is 780. The molecule has 0 unspecified atom stereocenters. The van der Waals surface area contributed by atoms with Crippen LogP contribution in [0.25, 0.3) is 0 Å². The highest BCUT2D eigenvalue weighted by molar-refractivity contribution is 7.80. The third-order valence-electron chi connectivity index (χ3n) is 3.11. The summed E-state index contributed by atoms with van der Waals surface area (Å²) >= 11 is 5.06. The largest absolute Gasteiger partial charge is 0.331 e. The van der Waals surface area contributed by atoms with E-state index >= 15 is 0 Å². The Morgan fingerprint density at radius 3 is 2.41 bits per heavy atom. The molecule has 22 heavy (non-hydrogen) atoms. The standard InChI is InChI=1S/C15H10FN3O2S/c16-11-8-4-7-10-12(11)14(21)19(13(10)20)18-15(22)17-9-5-2-1-3-6-9/h1-8H,(H2,17,18,22). The molecular weight excluding hydrogens is 305 g/mol. The van der Waals surface area contributed by atoms with Crippen molar-refractivity contribution in [3.8, 4) is 0 Å². The van der Waals surface area contributed by atoms with Gasteiger partial charge in [-0.2, -0.15) is 5.01 Å². The number of carbonyl (C=O) groups is 2. The summed E-state index contributed by atoms with van der Waals surface area (Å²) in [6.07, 6.45) is 0. The van der Waals surface area contributed by atoms with Crippen LogP contribution in [0.1, 0.15) is 20.7 Å². The molecule has 1 aliphatic rings. The van der Waals surface area contributed by atoms with Gasteiger partial charge < -0.3 is 5.32 Å². The number of nitrogens with zero attached hydrogens (tertiary/aromatic N) is 1. The Kier molecular flexibility index (Phi) is 3.56. The number of para-hydroxylation sites is 1. The number of anilines is 1. The van der Waals surface area contributed by atoms with E-state index in [4.69, 9.17) is 12.2 Å². The molecule has 0 fully saturated rings. The second kappa shape index (κ2) is 5.53. The molecule has 7 heteroatoms. The highest BCUT2D eigenvalue weighted by atomic mass is 32.1. The highest BCUT2D eigenvalue weighted by Gasteiger charge is 2.38. The van der Waals surface area contributed by atoms with Crippen LogP contribution in [0.15, 0.2) is 48.5 Å². The minimum atomic E-state index is -0.768. The van der Waals surface area contributed by atoms with Gasteiger partial charge in [0.05, 0.1) is 11.1 Å². The first-order valence-corrected chi connectivity index (χ1v) is 6.79. The summed E-state index contributed by atoms with van der Waals surface area (Å²) in [5.74, 6) is -2.14. The van der Waals surface area contributed by atoms with E-state index in [9.17, 15) is 14.0 Å². The maximum atomic E-state index is 13.7. The number of nitrogens with one attached hydrogen (secondary N) is 2. The van der Waals surface area contributed by atoms with Gasteiger partial charge in [-0.15, -0.1) is 0 Å². The van der Waals surface area contributed by atoms with Crippen LogP contribution < -0.4 is 10.7 Å². The summed E-state index contributed by atoms with van der Waals surface area (Å²) in [5.41, 5.74) is 2.95. The molecule has 2 aromatic rings. The summed E-state index contributed by atoms with van der Waals surface area (Å²) in [5, 5.41) is 3.59. The van der Waals surface area contributed by atoms with Crippen molar-refractivity contribution in [2.45, 2.75) is 0 Å². The van der Waals surface area contributed by atoms with Gasteiger partial charge in [0.25, 0.3) is 11.8 Å². The summed E-state index contributed by atoms with van der Waals surface area (Å²) in [6, 6.07) is 12.9. The van der Waals surface area contributed by atoms with Crippen molar-refractivity contribution in [2.24, 2.45) is 0 Å². The predicted octanol–water partition coefficient (Wildman–Crippen LogP) is 2.32. The van der Waals surface area contributed by atoms with Crippen molar-refractivity contribution in [1.29, 1.82) is 0 Å². The molecule has 0 spiro atoms. The fraction of sp³-hybridized carbons (Fsp3) is 0. The van der Waals surface area contributed by atoms with Crippen molar-refractivity contribution < 1.29 is 14.0 Å². The Balaban J connectivity index is 1.77. The molecule has 0 aliphatic carbocycles. The van der Waals surface area contributed by atoms with Gasteiger partial charge in [0, 0.05) is 5.69 Å². The van der Waals surface area contributed by atoms with Crippen LogP contribution in [0.3, 0.4) is 0 Å². The highest BCUT2D eigenvalue weighted by Crippen LogP contribution is 2.23. The number of fused-ring (bicyclic) bond motifs is 1. The lowest BCUT2D eigenvalue weighted by molar-refractivity contribution is 0.0612. The molecule has 1 heterocycles. The molecule has 0 bridgehead atoms. The second-order valence-electron chi connectivity index (χ2n) is 4.54. The SMILES string of the molecule is O=C1c2cccc(F)c2C(=O)N1NC(=S)Nc1ccccc1. The van der Waals surface area contributed by atoms with Crippen LogP contribution in [0.5, 0.6) is 0 Å². The Morgan fingerprint density at radius 1 is 1.00 bits per heavy atom. The first-order valence-electron chi connectivity index (χ1n) is 6.38. The lowest BCUT2D eigenvalue weighted by Gasteiger charge is -2.17. The number of imide groups is 1. The molecule has 0 aromatic heterocycles. The van der Waals surface area contributed by atoms with Crippen molar-refractivity contribution in [3.63, 3.8) is 0 Å². The number of thiocarbonyl (C=S) groups is 1. The first-order chi connectivity index (χ1) is 10.6. The van der Waals surface area contributed by atoms with Gasteiger partial charge in [-0.05, 0) is 36.5 Å². The lowest BCUT2D eigenvalue weighted by atomic mass is 10.1. The van der Waals surface area contributed by atoms with Crippen LogP contribution in [0.4, 0.5) is 10.1 Å². The number of benzene rings is 2. The van der Waals surface area contributed by atoms with Gasteiger partial charge in [0.2, 0.25) is 0 Å². The van der Waals surface area contributed by atoms with Crippen LogP contribution in [0.2, 0.25) is 0 Å². The Morgan fingerprint density at radius 2 is 1.73 bits per heavy atom. The molecule has 5 nitrogen and oxygen atoms in total. The molecule has 110 valence electrons. The number of hydrogen-bond acceptors (Lipinski definition) is 3. The van der Waals surface area contributed by atoms with Gasteiger partial charge in [-0.25, -0.2) is 4.39 Å². The van der Waals surface area contributed by atoms with Crippen LogP contribution in [-0.4, -0.2) is 21.9 Å². The van der Waals surface area contributed by atoms with Gasteiger partial charge >= 0.3 is 0 Å². The van der Waals surface area contributed by atoms with Gasteiger partial charge in [0.1, 0.15) is 5.82 Å². The summed E-state index contributed by atoms with van der Waals surface area (Å²) < 4.78 is 13.7. The third-order valence-corrected chi connectivity index (χ3v) is 3.30. The average molecular weight is 315 g/mol. The average Bonchev–Trinajstić information content (AvgIpc) is 2.74. The van der Waals surface area contributed by atoms with E-state index in [0.29, 0.717) is 10.7 Å². The zero-order valence-electron chi connectivity index (χ0n) is 11.2. The monoisotopic (exact) mass is 315 g/mol. The van der Waals surface area contributed by atoms with Gasteiger partial charge in [0.15, 0.2) is 5.11 Å².